The minimum atomic E-state index is -0.425. The molecule has 0 bridgehead atoms. The first-order valence-electron chi connectivity index (χ1n) is 10.7. The number of hydrogen-bond donors (Lipinski definition) is 1. The molecule has 0 aliphatic carbocycles. The molecule has 1 aliphatic rings. The number of nitrogens with one attached hydrogen (secondary N) is 1. The fraction of sp³-hybridized carbons (Fsp3) is 0.333. The fourth-order valence-electron chi connectivity index (χ4n) is 3.59. The summed E-state index contributed by atoms with van der Waals surface area (Å²) in [5.41, 5.74) is 2.09. The highest BCUT2D eigenvalue weighted by molar-refractivity contribution is 5.88. The second-order valence-corrected chi connectivity index (χ2v) is 7.82. The number of cyclic esters (lactones) is 1. The number of para-hydroxylation sites is 1. The van der Waals surface area contributed by atoms with Crippen LogP contribution in [0.1, 0.15) is 43.3 Å². The Morgan fingerprint density at radius 2 is 1.94 bits per heavy atom. The predicted molar refractivity (Wildman–Crippen MR) is 122 cm³/mol. The van der Waals surface area contributed by atoms with Crippen molar-refractivity contribution in [1.29, 1.82) is 0 Å². The third-order valence-corrected chi connectivity index (χ3v) is 5.40. The van der Waals surface area contributed by atoms with Crippen LogP contribution >= 0.6 is 0 Å². The summed E-state index contributed by atoms with van der Waals surface area (Å²) in [5, 5.41) is 3.33. The molecular weight excluding hydrogens is 406 g/mol. The molecule has 1 fully saturated rings. The Hall–Kier alpha value is -3.68. The molecule has 0 unspecified atom stereocenters. The monoisotopic (exact) mass is 433 g/mol. The third kappa shape index (κ3) is 4.64. The summed E-state index contributed by atoms with van der Waals surface area (Å²) >= 11 is 0. The van der Waals surface area contributed by atoms with E-state index in [4.69, 9.17) is 9.47 Å². The molecule has 2 atom stereocenters. The van der Waals surface area contributed by atoms with Gasteiger partial charge in [-0.1, -0.05) is 37.3 Å². The Balaban J connectivity index is 1.51. The van der Waals surface area contributed by atoms with Gasteiger partial charge in [-0.2, -0.15) is 15.0 Å². The Labute approximate surface area is 187 Å². The van der Waals surface area contributed by atoms with Crippen LogP contribution in [0.5, 0.6) is 11.5 Å². The Morgan fingerprint density at radius 1 is 1.16 bits per heavy atom. The molecule has 1 saturated heterocycles. The quantitative estimate of drug-likeness (QED) is 0.548. The van der Waals surface area contributed by atoms with Gasteiger partial charge in [-0.15, -0.1) is 0 Å². The van der Waals surface area contributed by atoms with Crippen molar-refractivity contribution in [2.75, 3.05) is 16.8 Å². The lowest BCUT2D eigenvalue weighted by atomic mass is 10.1. The summed E-state index contributed by atoms with van der Waals surface area (Å²) in [5.74, 6) is 2.86. The van der Waals surface area contributed by atoms with E-state index >= 15 is 0 Å². The number of anilines is 2. The van der Waals surface area contributed by atoms with Crippen LogP contribution in [0.4, 0.5) is 16.7 Å². The molecule has 1 aliphatic heterocycles. The number of hydrogen-bond acceptors (Lipinski definition) is 7. The van der Waals surface area contributed by atoms with E-state index in [0.717, 1.165) is 29.0 Å². The van der Waals surface area contributed by atoms with Gasteiger partial charge in [-0.25, -0.2) is 9.69 Å². The van der Waals surface area contributed by atoms with Crippen molar-refractivity contribution in [3.05, 3.63) is 65.5 Å². The molecule has 0 saturated carbocycles. The normalized spacial score (nSPS) is 16.6. The minimum absolute atomic E-state index is 0.0679. The first-order valence-corrected chi connectivity index (χ1v) is 10.7. The summed E-state index contributed by atoms with van der Waals surface area (Å²) in [6, 6.07) is 15.6. The van der Waals surface area contributed by atoms with Crippen LogP contribution in [0.15, 0.2) is 48.5 Å². The van der Waals surface area contributed by atoms with Gasteiger partial charge < -0.3 is 14.8 Å². The average molecular weight is 434 g/mol. The minimum Gasteiger partial charge on any atom is -0.457 e. The van der Waals surface area contributed by atoms with Crippen molar-refractivity contribution in [2.45, 2.75) is 46.2 Å². The standard InChI is InChI=1S/C24H27N5O3/c1-5-19-14-31-24(30)29(19)23-27-17(4)26-22(28-23)25-16(3)18-11-12-21(15(2)13-18)32-20-9-7-6-8-10-20/h6-13,16,19H,5,14H2,1-4H3,(H,25,26,27,28)/t16-,19-/m0/s1. The van der Waals surface area contributed by atoms with Gasteiger partial charge in [0.1, 0.15) is 23.9 Å². The molecule has 2 heterocycles. The average Bonchev–Trinajstić information content (AvgIpc) is 3.16. The van der Waals surface area contributed by atoms with Crippen LogP contribution in [0.3, 0.4) is 0 Å². The van der Waals surface area contributed by atoms with Gasteiger partial charge in [0.2, 0.25) is 11.9 Å². The van der Waals surface area contributed by atoms with E-state index in [9.17, 15) is 4.79 Å². The van der Waals surface area contributed by atoms with Gasteiger partial charge in [-0.05, 0) is 56.5 Å². The molecule has 1 amide bonds. The zero-order valence-corrected chi connectivity index (χ0v) is 18.7. The number of aryl methyl sites for hydroxylation is 2. The number of nitrogens with zero attached hydrogens (tertiary/aromatic N) is 4. The molecule has 1 aromatic heterocycles. The first kappa shape index (κ1) is 21.5. The van der Waals surface area contributed by atoms with Crippen LogP contribution in [-0.2, 0) is 4.74 Å². The fourth-order valence-corrected chi connectivity index (χ4v) is 3.59. The summed E-state index contributed by atoms with van der Waals surface area (Å²) < 4.78 is 11.2. The zero-order valence-electron chi connectivity index (χ0n) is 18.7. The zero-order chi connectivity index (χ0) is 22.7. The number of aromatic nitrogens is 3. The van der Waals surface area contributed by atoms with Gasteiger partial charge in [0.25, 0.3) is 0 Å². The summed E-state index contributed by atoms with van der Waals surface area (Å²) in [6.07, 6.45) is 0.331. The van der Waals surface area contributed by atoms with Crippen molar-refractivity contribution in [3.8, 4) is 11.5 Å². The Kier molecular flexibility index (Phi) is 6.20. The van der Waals surface area contributed by atoms with Crippen molar-refractivity contribution >= 4 is 18.0 Å². The molecule has 2 aromatic carbocycles. The van der Waals surface area contributed by atoms with Crippen LogP contribution < -0.4 is 15.0 Å². The Morgan fingerprint density at radius 3 is 2.66 bits per heavy atom. The van der Waals surface area contributed by atoms with Crippen molar-refractivity contribution < 1.29 is 14.3 Å². The molecular formula is C24H27N5O3. The maximum Gasteiger partial charge on any atom is 0.417 e. The van der Waals surface area contributed by atoms with E-state index < -0.39 is 6.09 Å². The largest absolute Gasteiger partial charge is 0.457 e. The van der Waals surface area contributed by atoms with E-state index in [0.29, 0.717) is 24.3 Å². The van der Waals surface area contributed by atoms with Gasteiger partial charge in [-0.3, -0.25) is 0 Å². The predicted octanol–water partition coefficient (Wildman–Crippen LogP) is 5.19. The van der Waals surface area contributed by atoms with Crippen LogP contribution in [0.25, 0.3) is 0 Å². The summed E-state index contributed by atoms with van der Waals surface area (Å²) in [6.45, 7) is 8.18. The smallest absolute Gasteiger partial charge is 0.417 e. The summed E-state index contributed by atoms with van der Waals surface area (Å²) in [4.78, 5) is 26.9. The van der Waals surface area contributed by atoms with Crippen LogP contribution in [0, 0.1) is 13.8 Å². The highest BCUT2D eigenvalue weighted by atomic mass is 16.6. The number of carbonyl (C=O) groups excluding carboxylic acids is 1. The highest BCUT2D eigenvalue weighted by Gasteiger charge is 2.35. The third-order valence-electron chi connectivity index (χ3n) is 5.40. The van der Waals surface area contributed by atoms with E-state index in [-0.39, 0.29) is 12.1 Å². The molecule has 166 valence electrons. The number of ether oxygens (including phenoxy) is 2. The second-order valence-electron chi connectivity index (χ2n) is 7.82. The molecule has 8 nitrogen and oxygen atoms in total. The van der Waals surface area contributed by atoms with Crippen molar-refractivity contribution in [3.63, 3.8) is 0 Å². The van der Waals surface area contributed by atoms with Crippen molar-refractivity contribution in [2.24, 2.45) is 0 Å². The number of amides is 1. The molecule has 4 rings (SSSR count). The van der Waals surface area contributed by atoms with Crippen LogP contribution in [-0.4, -0.2) is 33.7 Å². The number of carbonyl (C=O) groups is 1. The van der Waals surface area contributed by atoms with Gasteiger partial charge >= 0.3 is 6.09 Å². The first-order chi connectivity index (χ1) is 15.4. The maximum absolute atomic E-state index is 12.2. The van der Waals surface area contributed by atoms with E-state index in [1.54, 1.807) is 6.92 Å². The molecule has 1 N–H and O–H groups in total. The maximum atomic E-state index is 12.2. The van der Waals surface area contributed by atoms with Crippen molar-refractivity contribution in [1.82, 2.24) is 15.0 Å². The highest BCUT2D eigenvalue weighted by Crippen LogP contribution is 2.29. The van der Waals surface area contributed by atoms with Gasteiger partial charge in [0.15, 0.2) is 0 Å². The topological polar surface area (TPSA) is 89.5 Å². The molecule has 32 heavy (non-hydrogen) atoms. The molecule has 8 heteroatoms. The van der Waals surface area contributed by atoms with Gasteiger partial charge in [0.05, 0.1) is 12.1 Å². The van der Waals surface area contributed by atoms with E-state index in [2.05, 4.69) is 26.3 Å². The SMILES string of the molecule is CC[C@H]1COC(=O)N1c1nc(C)nc(N[C@@H](C)c2ccc(Oc3ccccc3)c(C)c2)n1. The Bertz CT molecular complexity index is 1110. The molecule has 0 radical (unpaired) electrons. The molecule has 0 spiro atoms. The van der Waals surface area contributed by atoms with E-state index in [1.807, 2.05) is 63.2 Å². The lowest BCUT2D eigenvalue weighted by Gasteiger charge is -2.20. The van der Waals surface area contributed by atoms with Crippen LogP contribution in [0.2, 0.25) is 0 Å². The lowest BCUT2D eigenvalue weighted by Crippen LogP contribution is -2.34. The lowest BCUT2D eigenvalue weighted by molar-refractivity contribution is 0.178. The van der Waals surface area contributed by atoms with E-state index in [1.165, 1.54) is 4.90 Å². The second kappa shape index (κ2) is 9.21. The number of rotatable bonds is 7. The molecule has 3 aromatic rings. The van der Waals surface area contributed by atoms with Gasteiger partial charge in [0, 0.05) is 0 Å². The number of benzene rings is 2. The summed E-state index contributed by atoms with van der Waals surface area (Å²) in [7, 11) is 0.